The van der Waals surface area contributed by atoms with E-state index in [9.17, 15) is 4.79 Å². The molecule has 0 aromatic carbocycles. The van der Waals surface area contributed by atoms with Gasteiger partial charge in [0.1, 0.15) is 0 Å². The summed E-state index contributed by atoms with van der Waals surface area (Å²) < 4.78 is 0. The van der Waals surface area contributed by atoms with E-state index < -0.39 is 0 Å². The van der Waals surface area contributed by atoms with Crippen molar-refractivity contribution in [2.75, 3.05) is 6.54 Å². The number of hydrogen-bond donors (Lipinski definition) is 1. The van der Waals surface area contributed by atoms with Crippen LogP contribution in [0.15, 0.2) is 0 Å². The van der Waals surface area contributed by atoms with Crippen molar-refractivity contribution in [2.24, 2.45) is 5.41 Å². The van der Waals surface area contributed by atoms with Crippen LogP contribution in [0.1, 0.15) is 66.2 Å². The average Bonchev–Trinajstić information content (AvgIpc) is 3.07. The summed E-state index contributed by atoms with van der Waals surface area (Å²) in [4.78, 5) is 14.7. The smallest absolute Gasteiger partial charge is 0.243 e. The molecule has 2 unspecified atom stereocenters. The second-order valence-electron chi connectivity index (χ2n) is 6.44. The Hall–Kier alpha value is -0.570. The van der Waals surface area contributed by atoms with E-state index in [2.05, 4.69) is 37.9 Å². The summed E-state index contributed by atoms with van der Waals surface area (Å²) in [6.45, 7) is 9.54. The zero-order valence-electron chi connectivity index (χ0n) is 12.4. The first-order valence-electron chi connectivity index (χ1n) is 7.59. The molecule has 2 atom stereocenters. The zero-order chi connectivity index (χ0) is 13.4. The van der Waals surface area contributed by atoms with Gasteiger partial charge in [-0.25, -0.2) is 0 Å². The second-order valence-corrected chi connectivity index (χ2v) is 6.44. The minimum Gasteiger partial charge on any atom is -0.325 e. The summed E-state index contributed by atoms with van der Waals surface area (Å²) in [5.74, 6) is 0.319. The topological polar surface area (TPSA) is 32.3 Å². The first-order chi connectivity index (χ1) is 8.50. The molecule has 0 aromatic rings. The van der Waals surface area contributed by atoms with Gasteiger partial charge in [0.15, 0.2) is 0 Å². The van der Waals surface area contributed by atoms with Crippen molar-refractivity contribution < 1.29 is 4.79 Å². The van der Waals surface area contributed by atoms with Crippen LogP contribution in [0.25, 0.3) is 0 Å². The Balaban J connectivity index is 2.09. The lowest BCUT2D eigenvalue weighted by atomic mass is 9.97. The molecule has 2 aliphatic rings. The van der Waals surface area contributed by atoms with E-state index in [0.29, 0.717) is 11.3 Å². The fourth-order valence-electron chi connectivity index (χ4n) is 3.28. The number of carbonyl (C=O) groups is 1. The van der Waals surface area contributed by atoms with Crippen LogP contribution in [0.4, 0.5) is 0 Å². The SMILES string of the molecule is CCCC1(CN2C(=O)C(C)(CC)NC2CC)CC1. The summed E-state index contributed by atoms with van der Waals surface area (Å²) in [5, 5.41) is 3.54. The Morgan fingerprint density at radius 1 is 1.33 bits per heavy atom. The number of nitrogens with zero attached hydrogens (tertiary/aromatic N) is 1. The van der Waals surface area contributed by atoms with Crippen LogP contribution < -0.4 is 5.32 Å². The van der Waals surface area contributed by atoms with Crippen LogP contribution in [-0.2, 0) is 4.79 Å². The fraction of sp³-hybridized carbons (Fsp3) is 0.933. The highest BCUT2D eigenvalue weighted by Crippen LogP contribution is 2.51. The van der Waals surface area contributed by atoms with Gasteiger partial charge in [0.25, 0.3) is 0 Å². The molecule has 1 amide bonds. The minimum absolute atomic E-state index is 0.247. The quantitative estimate of drug-likeness (QED) is 0.788. The Labute approximate surface area is 111 Å². The van der Waals surface area contributed by atoms with Crippen molar-refractivity contribution in [3.05, 3.63) is 0 Å². The minimum atomic E-state index is -0.330. The molecule has 3 heteroatoms. The molecule has 2 rings (SSSR count). The molecule has 1 heterocycles. The van der Waals surface area contributed by atoms with Crippen LogP contribution in [0.5, 0.6) is 0 Å². The Morgan fingerprint density at radius 2 is 2.00 bits per heavy atom. The lowest BCUT2D eigenvalue weighted by molar-refractivity contribution is -0.133. The van der Waals surface area contributed by atoms with Gasteiger partial charge in [0, 0.05) is 6.54 Å². The molecule has 1 aliphatic carbocycles. The first-order valence-corrected chi connectivity index (χ1v) is 7.59. The molecule has 18 heavy (non-hydrogen) atoms. The van der Waals surface area contributed by atoms with Crippen molar-refractivity contribution >= 4 is 5.91 Å². The van der Waals surface area contributed by atoms with Crippen LogP contribution in [-0.4, -0.2) is 29.1 Å². The second kappa shape index (κ2) is 4.84. The van der Waals surface area contributed by atoms with Crippen molar-refractivity contribution in [1.82, 2.24) is 10.2 Å². The largest absolute Gasteiger partial charge is 0.325 e. The van der Waals surface area contributed by atoms with E-state index in [4.69, 9.17) is 0 Å². The van der Waals surface area contributed by atoms with Crippen molar-refractivity contribution in [1.29, 1.82) is 0 Å². The molecular formula is C15H28N2O. The number of hydrogen-bond acceptors (Lipinski definition) is 2. The van der Waals surface area contributed by atoms with Crippen molar-refractivity contribution in [3.8, 4) is 0 Å². The van der Waals surface area contributed by atoms with Crippen LogP contribution in [0.3, 0.4) is 0 Å². The first kappa shape index (κ1) is 13.9. The van der Waals surface area contributed by atoms with E-state index in [-0.39, 0.29) is 11.7 Å². The predicted octanol–water partition coefficient (Wildman–Crippen LogP) is 2.90. The lowest BCUT2D eigenvalue weighted by Gasteiger charge is -2.28. The molecule has 1 saturated carbocycles. The van der Waals surface area contributed by atoms with Gasteiger partial charge in [-0.1, -0.05) is 27.2 Å². The molecule has 2 fully saturated rings. The van der Waals surface area contributed by atoms with Gasteiger partial charge in [-0.2, -0.15) is 0 Å². The summed E-state index contributed by atoms with van der Waals surface area (Å²) in [5.41, 5.74) is 0.126. The molecule has 3 nitrogen and oxygen atoms in total. The molecule has 104 valence electrons. The maximum absolute atomic E-state index is 12.6. The Morgan fingerprint density at radius 3 is 2.44 bits per heavy atom. The molecule has 1 N–H and O–H groups in total. The van der Waals surface area contributed by atoms with Crippen LogP contribution in [0.2, 0.25) is 0 Å². The van der Waals surface area contributed by atoms with Crippen LogP contribution >= 0.6 is 0 Å². The van der Waals surface area contributed by atoms with E-state index >= 15 is 0 Å². The maximum atomic E-state index is 12.6. The number of nitrogens with one attached hydrogen (secondary N) is 1. The van der Waals surface area contributed by atoms with E-state index in [1.54, 1.807) is 0 Å². The number of carbonyl (C=O) groups excluding carboxylic acids is 1. The van der Waals surface area contributed by atoms with Crippen molar-refractivity contribution in [2.45, 2.75) is 77.9 Å². The molecule has 1 aliphatic heterocycles. The predicted molar refractivity (Wildman–Crippen MR) is 74.2 cm³/mol. The highest BCUT2D eigenvalue weighted by Gasteiger charge is 2.51. The zero-order valence-corrected chi connectivity index (χ0v) is 12.4. The van der Waals surface area contributed by atoms with Gasteiger partial charge in [0.2, 0.25) is 5.91 Å². The van der Waals surface area contributed by atoms with Gasteiger partial charge in [-0.05, 0) is 44.4 Å². The molecule has 0 radical (unpaired) electrons. The molecule has 0 spiro atoms. The third kappa shape index (κ3) is 2.29. The highest BCUT2D eigenvalue weighted by molar-refractivity contribution is 5.88. The summed E-state index contributed by atoms with van der Waals surface area (Å²) >= 11 is 0. The van der Waals surface area contributed by atoms with Gasteiger partial charge < -0.3 is 4.90 Å². The van der Waals surface area contributed by atoms with Crippen molar-refractivity contribution in [3.63, 3.8) is 0 Å². The molecular weight excluding hydrogens is 224 g/mol. The van der Waals surface area contributed by atoms with Crippen LogP contribution in [0, 0.1) is 5.41 Å². The van der Waals surface area contributed by atoms with E-state index in [1.165, 1.54) is 25.7 Å². The van der Waals surface area contributed by atoms with Gasteiger partial charge >= 0.3 is 0 Å². The maximum Gasteiger partial charge on any atom is 0.243 e. The normalized spacial score (nSPS) is 34.1. The summed E-state index contributed by atoms with van der Waals surface area (Å²) in [6, 6.07) is 0. The highest BCUT2D eigenvalue weighted by atomic mass is 16.2. The Bertz CT molecular complexity index is 324. The molecule has 0 bridgehead atoms. The standard InChI is InChI=1S/C15H28N2O/c1-5-8-15(9-10-15)11-17-12(6-2)16-14(4,7-3)13(17)18/h12,16H,5-11H2,1-4H3. The van der Waals surface area contributed by atoms with E-state index in [0.717, 1.165) is 19.4 Å². The molecule has 0 aromatic heterocycles. The summed E-state index contributed by atoms with van der Waals surface area (Å²) in [6.07, 6.45) is 7.25. The lowest BCUT2D eigenvalue weighted by Crippen LogP contribution is -2.43. The van der Waals surface area contributed by atoms with Gasteiger partial charge in [-0.15, -0.1) is 0 Å². The number of rotatable bonds is 6. The summed E-state index contributed by atoms with van der Waals surface area (Å²) in [7, 11) is 0. The van der Waals surface area contributed by atoms with E-state index in [1.807, 2.05) is 0 Å². The average molecular weight is 252 g/mol. The molecule has 1 saturated heterocycles. The number of amides is 1. The Kier molecular flexibility index (Phi) is 3.72. The third-order valence-corrected chi connectivity index (χ3v) is 4.93. The fourth-order valence-corrected chi connectivity index (χ4v) is 3.28. The van der Waals surface area contributed by atoms with Gasteiger partial charge in [-0.3, -0.25) is 10.1 Å². The monoisotopic (exact) mass is 252 g/mol. The van der Waals surface area contributed by atoms with Gasteiger partial charge in [0.05, 0.1) is 11.7 Å². The third-order valence-electron chi connectivity index (χ3n) is 4.93.